The van der Waals surface area contributed by atoms with Gasteiger partial charge in [-0.25, -0.2) is 14.2 Å². The van der Waals surface area contributed by atoms with E-state index in [4.69, 9.17) is 0 Å². The minimum Gasteiger partial charge on any atom is -0.316 e. The Kier molecular flexibility index (Phi) is 4.12. The molecule has 1 unspecified atom stereocenters. The molecule has 2 amide bonds. The molecule has 2 aromatic heterocycles. The molecule has 0 saturated carbocycles. The van der Waals surface area contributed by atoms with Crippen molar-refractivity contribution < 1.29 is 9.18 Å². The lowest BCUT2D eigenvalue weighted by molar-refractivity contribution is 0.161. The fraction of sp³-hybridized carbons (Fsp3) is 0.353. The topological polar surface area (TPSA) is 73.9 Å². The third-order valence-electron chi connectivity index (χ3n) is 4.53. The summed E-state index contributed by atoms with van der Waals surface area (Å²) in [7, 11) is 0. The van der Waals surface area contributed by atoms with Crippen molar-refractivity contribution in [2.75, 3.05) is 11.9 Å². The molecule has 1 aliphatic heterocycles. The number of carbonyl (C=O) groups excluding carboxylic acids is 1. The molecule has 3 aromatic rings. The molecule has 0 radical (unpaired) electrons. The van der Waals surface area contributed by atoms with Gasteiger partial charge in [-0.1, -0.05) is 11.3 Å². The molecule has 1 fully saturated rings. The average molecular weight is 359 g/mol. The number of amides is 2. The highest BCUT2D eigenvalue weighted by Crippen LogP contribution is 2.32. The van der Waals surface area contributed by atoms with Crippen molar-refractivity contribution >= 4 is 32.7 Å². The van der Waals surface area contributed by atoms with Crippen LogP contribution < -0.4 is 5.32 Å². The van der Waals surface area contributed by atoms with Gasteiger partial charge in [-0.15, -0.1) is 0 Å². The molecule has 1 saturated heterocycles. The zero-order chi connectivity index (χ0) is 17.4. The Balaban J connectivity index is 1.56. The van der Waals surface area contributed by atoms with Gasteiger partial charge in [0.1, 0.15) is 5.82 Å². The second kappa shape index (κ2) is 6.44. The number of fused-ring (bicyclic) bond motifs is 1. The molecule has 2 N–H and O–H groups in total. The quantitative estimate of drug-likeness (QED) is 0.719. The standard InChI is InChI=1S/C17H18FN5OS/c1-10-8-15-13(9-11(10)18)20-16(25-15)21-17(24)23-7-3-2-4-14(23)12-5-6-19-22-12/h5-6,8-9,14H,2-4,7H2,1H3,(H,19,22)(H,20,21,24). The summed E-state index contributed by atoms with van der Waals surface area (Å²) in [6.07, 6.45) is 4.65. The summed E-state index contributed by atoms with van der Waals surface area (Å²) in [4.78, 5) is 18.9. The predicted molar refractivity (Wildman–Crippen MR) is 95.2 cm³/mol. The van der Waals surface area contributed by atoms with E-state index >= 15 is 0 Å². The molecule has 1 aliphatic rings. The Morgan fingerprint density at radius 1 is 1.44 bits per heavy atom. The number of halogens is 1. The first-order valence-electron chi connectivity index (χ1n) is 8.25. The van der Waals surface area contributed by atoms with Crippen LogP contribution in [0.25, 0.3) is 10.2 Å². The van der Waals surface area contributed by atoms with Crippen LogP contribution in [0.15, 0.2) is 24.4 Å². The first-order valence-corrected chi connectivity index (χ1v) is 9.07. The lowest BCUT2D eigenvalue weighted by atomic mass is 10.00. The minimum absolute atomic E-state index is 0.00897. The van der Waals surface area contributed by atoms with Gasteiger partial charge in [-0.2, -0.15) is 5.10 Å². The lowest BCUT2D eigenvalue weighted by Gasteiger charge is -2.34. The predicted octanol–water partition coefficient (Wildman–Crippen LogP) is 4.23. The van der Waals surface area contributed by atoms with Crippen LogP contribution in [-0.4, -0.2) is 32.7 Å². The molecular weight excluding hydrogens is 341 g/mol. The van der Waals surface area contributed by atoms with Crippen LogP contribution in [0.5, 0.6) is 0 Å². The Labute approximate surface area is 148 Å². The first kappa shape index (κ1) is 16.0. The molecule has 6 nitrogen and oxygen atoms in total. The fourth-order valence-electron chi connectivity index (χ4n) is 3.22. The number of anilines is 1. The summed E-state index contributed by atoms with van der Waals surface area (Å²) in [5.74, 6) is -0.286. The molecule has 0 bridgehead atoms. The minimum atomic E-state index is -0.286. The maximum absolute atomic E-state index is 13.7. The SMILES string of the molecule is Cc1cc2sc(NC(=O)N3CCCCC3c3ccn[nH]3)nc2cc1F. The third kappa shape index (κ3) is 3.09. The monoisotopic (exact) mass is 359 g/mol. The molecule has 25 heavy (non-hydrogen) atoms. The van der Waals surface area contributed by atoms with Gasteiger partial charge in [-0.05, 0) is 43.9 Å². The average Bonchev–Trinajstić information content (AvgIpc) is 3.25. The zero-order valence-corrected chi connectivity index (χ0v) is 14.6. The number of carbonyl (C=O) groups is 1. The summed E-state index contributed by atoms with van der Waals surface area (Å²) in [5, 5.41) is 10.3. The van der Waals surface area contributed by atoms with Crippen molar-refractivity contribution in [1.29, 1.82) is 0 Å². The van der Waals surface area contributed by atoms with E-state index in [9.17, 15) is 9.18 Å². The van der Waals surface area contributed by atoms with Crippen LogP contribution in [0.1, 0.15) is 36.6 Å². The number of aromatic nitrogens is 3. The number of likely N-dealkylation sites (tertiary alicyclic amines) is 1. The number of piperidine rings is 1. The fourth-order valence-corrected chi connectivity index (χ4v) is 4.15. The van der Waals surface area contributed by atoms with Gasteiger partial charge in [0.15, 0.2) is 5.13 Å². The number of urea groups is 1. The molecule has 1 aromatic carbocycles. The van der Waals surface area contributed by atoms with Crippen molar-refractivity contribution in [3.8, 4) is 0 Å². The van der Waals surface area contributed by atoms with Crippen molar-refractivity contribution in [2.45, 2.75) is 32.2 Å². The second-order valence-corrected chi connectivity index (χ2v) is 7.27. The van der Waals surface area contributed by atoms with E-state index in [1.54, 1.807) is 19.2 Å². The van der Waals surface area contributed by atoms with Gasteiger partial charge in [0.25, 0.3) is 0 Å². The number of hydrogen-bond acceptors (Lipinski definition) is 4. The molecule has 8 heteroatoms. The Hall–Kier alpha value is -2.48. The Morgan fingerprint density at radius 2 is 2.32 bits per heavy atom. The second-order valence-electron chi connectivity index (χ2n) is 6.24. The Morgan fingerprint density at radius 3 is 3.12 bits per heavy atom. The van der Waals surface area contributed by atoms with Crippen LogP contribution in [0.4, 0.5) is 14.3 Å². The van der Waals surface area contributed by atoms with E-state index in [0.29, 0.717) is 22.8 Å². The van der Waals surface area contributed by atoms with E-state index in [0.717, 1.165) is 29.7 Å². The maximum atomic E-state index is 13.7. The van der Waals surface area contributed by atoms with Crippen LogP contribution in [-0.2, 0) is 0 Å². The van der Waals surface area contributed by atoms with E-state index in [1.165, 1.54) is 17.4 Å². The summed E-state index contributed by atoms with van der Waals surface area (Å²) < 4.78 is 14.5. The summed E-state index contributed by atoms with van der Waals surface area (Å²) in [6.45, 7) is 2.41. The van der Waals surface area contributed by atoms with Crippen LogP contribution in [0.2, 0.25) is 0 Å². The smallest absolute Gasteiger partial charge is 0.316 e. The maximum Gasteiger partial charge on any atom is 0.324 e. The number of nitrogens with one attached hydrogen (secondary N) is 2. The first-order chi connectivity index (χ1) is 12.1. The Bertz CT molecular complexity index is 868. The van der Waals surface area contributed by atoms with Gasteiger partial charge < -0.3 is 4.90 Å². The number of H-pyrrole nitrogens is 1. The lowest BCUT2D eigenvalue weighted by Crippen LogP contribution is -2.41. The van der Waals surface area contributed by atoms with Gasteiger partial charge >= 0.3 is 6.03 Å². The number of aryl methyl sites for hydroxylation is 1. The molecule has 130 valence electrons. The number of rotatable bonds is 2. The highest BCUT2D eigenvalue weighted by atomic mass is 32.1. The van der Waals surface area contributed by atoms with Crippen molar-refractivity contribution in [2.24, 2.45) is 0 Å². The number of hydrogen-bond donors (Lipinski definition) is 2. The van der Waals surface area contributed by atoms with Gasteiger partial charge in [0.2, 0.25) is 0 Å². The van der Waals surface area contributed by atoms with Crippen LogP contribution >= 0.6 is 11.3 Å². The summed E-state index contributed by atoms with van der Waals surface area (Å²) >= 11 is 1.35. The van der Waals surface area contributed by atoms with E-state index in [2.05, 4.69) is 20.5 Å². The molecule has 0 aliphatic carbocycles. The highest BCUT2D eigenvalue weighted by Gasteiger charge is 2.29. The van der Waals surface area contributed by atoms with Crippen molar-refractivity contribution in [3.05, 3.63) is 41.5 Å². The van der Waals surface area contributed by atoms with Crippen LogP contribution in [0.3, 0.4) is 0 Å². The summed E-state index contributed by atoms with van der Waals surface area (Å²) in [6, 6.07) is 4.87. The van der Waals surface area contributed by atoms with Crippen LogP contribution in [0, 0.1) is 12.7 Å². The number of benzene rings is 1. The van der Waals surface area contributed by atoms with E-state index < -0.39 is 0 Å². The highest BCUT2D eigenvalue weighted by molar-refractivity contribution is 7.22. The molecular formula is C17H18FN5OS. The van der Waals surface area contributed by atoms with Gasteiger partial charge in [-0.3, -0.25) is 10.4 Å². The normalized spacial score (nSPS) is 17.8. The largest absolute Gasteiger partial charge is 0.324 e. The molecule has 4 rings (SSSR count). The van der Waals surface area contributed by atoms with Crippen molar-refractivity contribution in [1.82, 2.24) is 20.1 Å². The van der Waals surface area contributed by atoms with E-state index in [-0.39, 0.29) is 17.9 Å². The molecule has 1 atom stereocenters. The zero-order valence-electron chi connectivity index (χ0n) is 13.8. The number of aromatic amines is 1. The summed E-state index contributed by atoms with van der Waals surface area (Å²) in [5.41, 5.74) is 2.08. The van der Waals surface area contributed by atoms with Crippen molar-refractivity contribution in [3.63, 3.8) is 0 Å². The van der Waals surface area contributed by atoms with E-state index in [1.807, 2.05) is 11.0 Å². The van der Waals surface area contributed by atoms with Gasteiger partial charge in [0, 0.05) is 18.8 Å². The van der Waals surface area contributed by atoms with Gasteiger partial charge in [0.05, 0.1) is 22.0 Å². The molecule has 0 spiro atoms. The number of nitrogens with zero attached hydrogens (tertiary/aromatic N) is 3. The molecule has 3 heterocycles. The third-order valence-corrected chi connectivity index (χ3v) is 5.46. The number of thiazole rings is 1.